The van der Waals surface area contributed by atoms with Gasteiger partial charge in [0, 0.05) is 12.6 Å². The minimum Gasteiger partial charge on any atom is -0.476 e. The van der Waals surface area contributed by atoms with Crippen LogP contribution in [-0.4, -0.2) is 32.6 Å². The van der Waals surface area contributed by atoms with E-state index in [0.717, 1.165) is 5.56 Å². The molecule has 1 aromatic heterocycles. The summed E-state index contributed by atoms with van der Waals surface area (Å²) >= 11 is 0. The van der Waals surface area contributed by atoms with Crippen LogP contribution in [0.1, 0.15) is 34.6 Å². The Morgan fingerprint density at radius 3 is 2.76 bits per heavy atom. The molecule has 7 nitrogen and oxygen atoms in total. The molecule has 0 bridgehead atoms. The van der Waals surface area contributed by atoms with Crippen LogP contribution in [0.4, 0.5) is 0 Å². The zero-order chi connectivity index (χ0) is 15.2. The molecule has 0 aliphatic heterocycles. The van der Waals surface area contributed by atoms with Crippen LogP contribution < -0.4 is 5.32 Å². The van der Waals surface area contributed by atoms with Crippen molar-refractivity contribution in [3.63, 3.8) is 0 Å². The minimum atomic E-state index is -1.08. The number of nitrogens with zero attached hydrogens (tertiary/aromatic N) is 4. The number of rotatable bonds is 6. The summed E-state index contributed by atoms with van der Waals surface area (Å²) in [4.78, 5) is 10.7. The molecule has 0 saturated heterocycles. The van der Waals surface area contributed by atoms with Gasteiger partial charge in [0.2, 0.25) is 0 Å². The lowest BCUT2D eigenvalue weighted by molar-refractivity contribution is 0.0690. The van der Waals surface area contributed by atoms with E-state index in [4.69, 9.17) is 10.4 Å². The van der Waals surface area contributed by atoms with Crippen molar-refractivity contribution in [1.29, 1.82) is 5.26 Å². The Kier molecular flexibility index (Phi) is 4.64. The summed E-state index contributed by atoms with van der Waals surface area (Å²) in [6, 6.07) is 9.59. The number of aromatic carboxylic acids is 1. The molecule has 1 heterocycles. The second-order valence-electron chi connectivity index (χ2n) is 4.58. The van der Waals surface area contributed by atoms with E-state index in [2.05, 4.69) is 21.7 Å². The summed E-state index contributed by atoms with van der Waals surface area (Å²) in [5.74, 6) is -1.08. The third-order valence-electron chi connectivity index (χ3n) is 3.09. The quantitative estimate of drug-likeness (QED) is 0.826. The van der Waals surface area contributed by atoms with Crippen molar-refractivity contribution in [2.75, 3.05) is 6.54 Å². The molecule has 0 aliphatic rings. The molecule has 1 aromatic carbocycles. The van der Waals surface area contributed by atoms with Crippen LogP contribution in [0.15, 0.2) is 30.5 Å². The Labute approximate surface area is 121 Å². The average Bonchev–Trinajstić information content (AvgIpc) is 2.96. The third-order valence-corrected chi connectivity index (χ3v) is 3.09. The number of hydrogen-bond donors (Lipinski definition) is 2. The highest BCUT2D eigenvalue weighted by Gasteiger charge is 2.08. The summed E-state index contributed by atoms with van der Waals surface area (Å²) in [6.45, 7) is 3.18. The molecule has 7 heteroatoms. The van der Waals surface area contributed by atoms with Gasteiger partial charge in [0.1, 0.15) is 0 Å². The molecule has 0 spiro atoms. The SMILES string of the molecule is CC(NCCn1cc(C(=O)O)nn1)c1ccc(C#N)cc1. The molecule has 0 amide bonds. The summed E-state index contributed by atoms with van der Waals surface area (Å²) in [6.07, 6.45) is 1.40. The molecule has 2 rings (SSSR count). The molecule has 0 aliphatic carbocycles. The largest absolute Gasteiger partial charge is 0.476 e. The first kappa shape index (κ1) is 14.7. The average molecular weight is 285 g/mol. The van der Waals surface area contributed by atoms with E-state index in [0.29, 0.717) is 18.7 Å². The van der Waals surface area contributed by atoms with E-state index in [1.165, 1.54) is 10.9 Å². The fourth-order valence-electron chi connectivity index (χ4n) is 1.87. The maximum Gasteiger partial charge on any atom is 0.358 e. The van der Waals surface area contributed by atoms with E-state index in [-0.39, 0.29) is 11.7 Å². The van der Waals surface area contributed by atoms with E-state index < -0.39 is 5.97 Å². The fraction of sp³-hybridized carbons (Fsp3) is 0.286. The van der Waals surface area contributed by atoms with Crippen LogP contribution in [0.5, 0.6) is 0 Å². The van der Waals surface area contributed by atoms with Gasteiger partial charge in [-0.05, 0) is 24.6 Å². The Morgan fingerprint density at radius 1 is 1.48 bits per heavy atom. The molecule has 1 unspecified atom stereocenters. The molecule has 2 aromatic rings. The zero-order valence-electron chi connectivity index (χ0n) is 11.5. The fourth-order valence-corrected chi connectivity index (χ4v) is 1.87. The number of carbonyl (C=O) groups is 1. The van der Waals surface area contributed by atoms with Crippen LogP contribution in [0.25, 0.3) is 0 Å². The topological polar surface area (TPSA) is 104 Å². The van der Waals surface area contributed by atoms with Gasteiger partial charge in [-0.15, -0.1) is 5.10 Å². The van der Waals surface area contributed by atoms with Crippen molar-refractivity contribution in [3.05, 3.63) is 47.3 Å². The molecule has 1 atom stereocenters. The van der Waals surface area contributed by atoms with Crippen molar-refractivity contribution in [3.8, 4) is 6.07 Å². The highest BCUT2D eigenvalue weighted by Crippen LogP contribution is 2.12. The van der Waals surface area contributed by atoms with E-state index in [1.54, 1.807) is 12.1 Å². The van der Waals surface area contributed by atoms with Crippen molar-refractivity contribution in [2.45, 2.75) is 19.5 Å². The van der Waals surface area contributed by atoms with Crippen molar-refractivity contribution < 1.29 is 9.90 Å². The first-order valence-corrected chi connectivity index (χ1v) is 6.47. The lowest BCUT2D eigenvalue weighted by atomic mass is 10.1. The predicted molar refractivity (Wildman–Crippen MR) is 74.6 cm³/mol. The van der Waals surface area contributed by atoms with Crippen LogP contribution in [0, 0.1) is 11.3 Å². The molecule has 0 fully saturated rings. The zero-order valence-corrected chi connectivity index (χ0v) is 11.5. The molecular formula is C14H15N5O2. The van der Waals surface area contributed by atoms with Gasteiger partial charge in [0.25, 0.3) is 0 Å². The van der Waals surface area contributed by atoms with Gasteiger partial charge in [-0.1, -0.05) is 17.3 Å². The Morgan fingerprint density at radius 2 is 2.19 bits per heavy atom. The summed E-state index contributed by atoms with van der Waals surface area (Å²) in [7, 11) is 0. The van der Waals surface area contributed by atoms with Gasteiger partial charge < -0.3 is 10.4 Å². The normalized spacial score (nSPS) is 11.8. The second kappa shape index (κ2) is 6.63. The van der Waals surface area contributed by atoms with Gasteiger partial charge in [0.15, 0.2) is 5.69 Å². The molecule has 0 radical (unpaired) electrons. The van der Waals surface area contributed by atoms with Gasteiger partial charge in [0.05, 0.1) is 24.4 Å². The number of aromatic nitrogens is 3. The highest BCUT2D eigenvalue weighted by atomic mass is 16.4. The molecule has 2 N–H and O–H groups in total. The second-order valence-corrected chi connectivity index (χ2v) is 4.58. The summed E-state index contributed by atoms with van der Waals surface area (Å²) in [5, 5.41) is 28.1. The number of nitrogens with one attached hydrogen (secondary N) is 1. The van der Waals surface area contributed by atoms with Crippen molar-refractivity contribution >= 4 is 5.97 Å². The lowest BCUT2D eigenvalue weighted by Gasteiger charge is -2.14. The van der Waals surface area contributed by atoms with E-state index in [9.17, 15) is 4.79 Å². The Bertz CT molecular complexity index is 657. The third kappa shape index (κ3) is 3.87. The summed E-state index contributed by atoms with van der Waals surface area (Å²) in [5.41, 5.74) is 1.66. The maximum atomic E-state index is 10.7. The van der Waals surface area contributed by atoms with Gasteiger partial charge in [-0.25, -0.2) is 4.79 Å². The number of benzene rings is 1. The van der Waals surface area contributed by atoms with Crippen molar-refractivity contribution in [2.24, 2.45) is 0 Å². The van der Waals surface area contributed by atoms with Gasteiger partial charge in [-0.3, -0.25) is 4.68 Å². The summed E-state index contributed by atoms with van der Waals surface area (Å²) < 4.78 is 1.49. The van der Waals surface area contributed by atoms with Crippen molar-refractivity contribution in [1.82, 2.24) is 20.3 Å². The van der Waals surface area contributed by atoms with Gasteiger partial charge >= 0.3 is 5.97 Å². The number of hydrogen-bond acceptors (Lipinski definition) is 5. The first-order valence-electron chi connectivity index (χ1n) is 6.47. The highest BCUT2D eigenvalue weighted by molar-refractivity contribution is 5.84. The van der Waals surface area contributed by atoms with Crippen LogP contribution in [0.3, 0.4) is 0 Å². The van der Waals surface area contributed by atoms with Crippen LogP contribution >= 0.6 is 0 Å². The predicted octanol–water partition coefficient (Wildman–Crippen LogP) is 1.20. The number of carboxylic acids is 1. The lowest BCUT2D eigenvalue weighted by Crippen LogP contribution is -2.23. The van der Waals surface area contributed by atoms with Crippen LogP contribution in [0.2, 0.25) is 0 Å². The Balaban J connectivity index is 1.84. The maximum absolute atomic E-state index is 10.7. The Hall–Kier alpha value is -2.72. The minimum absolute atomic E-state index is 0.0601. The molecule has 0 saturated carbocycles. The standard InChI is InChI=1S/C14H15N5O2/c1-10(12-4-2-11(8-15)3-5-12)16-6-7-19-9-13(14(20)21)17-18-19/h2-5,9-10,16H,6-7H2,1H3,(H,20,21). The number of nitriles is 1. The smallest absolute Gasteiger partial charge is 0.358 e. The monoisotopic (exact) mass is 285 g/mol. The van der Waals surface area contributed by atoms with Crippen LogP contribution in [-0.2, 0) is 6.54 Å². The molecule has 21 heavy (non-hydrogen) atoms. The molecule has 108 valence electrons. The first-order chi connectivity index (χ1) is 10.1. The van der Waals surface area contributed by atoms with E-state index >= 15 is 0 Å². The van der Waals surface area contributed by atoms with Gasteiger partial charge in [-0.2, -0.15) is 5.26 Å². The number of carboxylic acid groups (broad SMARTS) is 1. The van der Waals surface area contributed by atoms with E-state index in [1.807, 2.05) is 19.1 Å². The molecular weight excluding hydrogens is 270 g/mol.